The quantitative estimate of drug-likeness (QED) is 0.685. The lowest BCUT2D eigenvalue weighted by Gasteiger charge is -2.20. The molecule has 7 heteroatoms. The molecule has 0 saturated carbocycles. The molecule has 0 aliphatic heterocycles. The van der Waals surface area contributed by atoms with E-state index in [0.29, 0.717) is 22.1 Å². The number of pyridine rings is 1. The first-order valence-electron chi connectivity index (χ1n) is 6.96. The monoisotopic (exact) mass is 331 g/mol. The number of halogens is 1. The molecule has 1 amide bonds. The molecule has 0 spiro atoms. The number of nitrogens with zero attached hydrogens (tertiary/aromatic N) is 3. The second kappa shape index (κ2) is 6.37. The van der Waals surface area contributed by atoms with Crippen molar-refractivity contribution < 1.29 is 13.6 Å². The molecule has 1 aromatic carbocycles. The second-order valence-electron chi connectivity index (χ2n) is 4.94. The van der Waals surface area contributed by atoms with Gasteiger partial charge in [-0.3, -0.25) is 4.79 Å². The molecule has 0 radical (unpaired) electrons. The first-order chi connectivity index (χ1) is 11.0. The minimum atomic E-state index is -0.405. The number of carbonyl (C=O) groups is 1. The van der Waals surface area contributed by atoms with Gasteiger partial charge in [0.15, 0.2) is 11.2 Å². The minimum Gasteiger partial charge on any atom is -0.430 e. The molecule has 0 saturated heterocycles. The lowest BCUT2D eigenvalue weighted by molar-refractivity contribution is -0.117. The van der Waals surface area contributed by atoms with Gasteiger partial charge in [0.05, 0.1) is 5.25 Å². The van der Waals surface area contributed by atoms with E-state index in [2.05, 4.69) is 9.97 Å². The molecule has 1 atom stereocenters. The van der Waals surface area contributed by atoms with Crippen molar-refractivity contribution in [2.24, 2.45) is 0 Å². The number of hydrogen-bond donors (Lipinski definition) is 0. The second-order valence-corrected chi connectivity index (χ2v) is 6.23. The molecule has 0 aliphatic carbocycles. The lowest BCUT2D eigenvalue weighted by Crippen LogP contribution is -2.33. The minimum absolute atomic E-state index is 0.128. The first kappa shape index (κ1) is 15.5. The Balaban J connectivity index is 1.72. The van der Waals surface area contributed by atoms with Gasteiger partial charge in [0.2, 0.25) is 5.91 Å². The van der Waals surface area contributed by atoms with Crippen LogP contribution in [-0.4, -0.2) is 28.2 Å². The van der Waals surface area contributed by atoms with Crippen molar-refractivity contribution in [1.82, 2.24) is 9.97 Å². The summed E-state index contributed by atoms with van der Waals surface area (Å²) in [5, 5.41) is -0.00910. The van der Waals surface area contributed by atoms with Crippen LogP contribution < -0.4 is 4.90 Å². The van der Waals surface area contributed by atoms with E-state index in [1.807, 2.05) is 0 Å². The van der Waals surface area contributed by atoms with Crippen molar-refractivity contribution in [2.75, 3.05) is 11.9 Å². The van der Waals surface area contributed by atoms with Crippen molar-refractivity contribution in [3.63, 3.8) is 0 Å². The summed E-state index contributed by atoms with van der Waals surface area (Å²) in [6.07, 6.45) is 1.64. The fourth-order valence-electron chi connectivity index (χ4n) is 2.07. The SMILES string of the molecule is CC(Sc1nc2ncccc2o1)C(=O)N(C)c1ccc(F)cc1. The van der Waals surface area contributed by atoms with Crippen molar-refractivity contribution in [2.45, 2.75) is 17.4 Å². The topological polar surface area (TPSA) is 59.2 Å². The smallest absolute Gasteiger partial charge is 0.259 e. The molecule has 0 bridgehead atoms. The van der Waals surface area contributed by atoms with E-state index in [1.54, 1.807) is 44.4 Å². The maximum absolute atomic E-state index is 13.0. The van der Waals surface area contributed by atoms with Gasteiger partial charge >= 0.3 is 0 Å². The number of benzene rings is 1. The number of anilines is 1. The molecule has 1 unspecified atom stereocenters. The maximum Gasteiger partial charge on any atom is 0.259 e. The molecule has 3 rings (SSSR count). The van der Waals surface area contributed by atoms with Gasteiger partial charge in [-0.2, -0.15) is 4.98 Å². The molecule has 5 nitrogen and oxygen atoms in total. The standard InChI is InChI=1S/C16H14FN3O2S/c1-10(15(21)20(2)12-7-5-11(17)6-8-12)23-16-19-14-13(22-16)4-3-9-18-14/h3-10H,1-2H3. The lowest BCUT2D eigenvalue weighted by atomic mass is 10.2. The number of amides is 1. The van der Waals surface area contributed by atoms with Gasteiger partial charge in [-0.15, -0.1) is 0 Å². The van der Waals surface area contributed by atoms with Crippen LogP contribution in [0.2, 0.25) is 0 Å². The maximum atomic E-state index is 13.0. The highest BCUT2D eigenvalue weighted by atomic mass is 32.2. The molecule has 0 N–H and O–H groups in total. The summed E-state index contributed by atoms with van der Waals surface area (Å²) >= 11 is 1.22. The van der Waals surface area contributed by atoms with Crippen molar-refractivity contribution >= 4 is 34.6 Å². The Hall–Kier alpha value is -2.41. The van der Waals surface area contributed by atoms with Crippen LogP contribution in [0.5, 0.6) is 0 Å². The Labute approximate surface area is 136 Å². The van der Waals surface area contributed by atoms with E-state index < -0.39 is 5.25 Å². The number of aromatic nitrogens is 2. The van der Waals surface area contributed by atoms with Gasteiger partial charge in [-0.1, -0.05) is 11.8 Å². The third-order valence-corrected chi connectivity index (χ3v) is 4.25. The molecule has 0 aliphatic rings. The van der Waals surface area contributed by atoms with Crippen LogP contribution in [-0.2, 0) is 4.79 Å². The zero-order chi connectivity index (χ0) is 16.4. The molecule has 0 fully saturated rings. The van der Waals surface area contributed by atoms with E-state index in [0.717, 1.165) is 0 Å². The summed E-state index contributed by atoms with van der Waals surface area (Å²) in [5.41, 5.74) is 1.73. The molecule has 3 aromatic rings. The van der Waals surface area contributed by atoms with Crippen LogP contribution in [0.3, 0.4) is 0 Å². The third kappa shape index (κ3) is 3.34. The number of rotatable bonds is 4. The summed E-state index contributed by atoms with van der Waals surface area (Å²) in [7, 11) is 1.65. The van der Waals surface area contributed by atoms with E-state index in [4.69, 9.17) is 4.42 Å². The predicted molar refractivity (Wildman–Crippen MR) is 86.9 cm³/mol. The highest BCUT2D eigenvalue weighted by molar-refractivity contribution is 8.00. The van der Waals surface area contributed by atoms with Crippen LogP contribution in [0.25, 0.3) is 11.2 Å². The van der Waals surface area contributed by atoms with Gasteiger partial charge in [0.1, 0.15) is 5.82 Å². The van der Waals surface area contributed by atoms with Crippen LogP contribution >= 0.6 is 11.8 Å². The largest absolute Gasteiger partial charge is 0.430 e. The Morgan fingerprint density at radius 1 is 1.30 bits per heavy atom. The highest BCUT2D eigenvalue weighted by Gasteiger charge is 2.22. The van der Waals surface area contributed by atoms with Gasteiger partial charge in [-0.25, -0.2) is 9.37 Å². The Morgan fingerprint density at radius 2 is 2.04 bits per heavy atom. The highest BCUT2D eigenvalue weighted by Crippen LogP contribution is 2.27. The molecule has 2 heterocycles. The van der Waals surface area contributed by atoms with Gasteiger partial charge < -0.3 is 9.32 Å². The summed E-state index contributed by atoms with van der Waals surface area (Å²) in [6.45, 7) is 1.77. The predicted octanol–water partition coefficient (Wildman–Crippen LogP) is 3.51. The van der Waals surface area contributed by atoms with E-state index in [-0.39, 0.29) is 11.7 Å². The molecular weight excluding hydrogens is 317 g/mol. The average molecular weight is 331 g/mol. The van der Waals surface area contributed by atoms with Crippen LogP contribution in [0, 0.1) is 5.82 Å². The number of oxazole rings is 1. The molecule has 2 aromatic heterocycles. The zero-order valence-electron chi connectivity index (χ0n) is 12.6. The van der Waals surface area contributed by atoms with Crippen LogP contribution in [0.15, 0.2) is 52.2 Å². The number of thioether (sulfide) groups is 1. The number of carbonyl (C=O) groups excluding carboxylic acids is 1. The molecule has 118 valence electrons. The summed E-state index contributed by atoms with van der Waals surface area (Å²) < 4.78 is 18.5. The third-order valence-electron chi connectivity index (χ3n) is 3.32. The summed E-state index contributed by atoms with van der Waals surface area (Å²) in [5.74, 6) is -0.465. The van der Waals surface area contributed by atoms with Gasteiger partial charge in [0.25, 0.3) is 5.22 Å². The summed E-state index contributed by atoms with van der Waals surface area (Å²) in [6, 6.07) is 9.31. The first-order valence-corrected chi connectivity index (χ1v) is 7.84. The fraction of sp³-hybridized carbons (Fsp3) is 0.188. The van der Waals surface area contributed by atoms with Crippen LogP contribution in [0.4, 0.5) is 10.1 Å². The number of fused-ring (bicyclic) bond motifs is 1. The molecular formula is C16H14FN3O2S. The fourth-order valence-corrected chi connectivity index (χ4v) is 2.90. The molecule has 23 heavy (non-hydrogen) atoms. The Kier molecular flexibility index (Phi) is 4.29. The van der Waals surface area contributed by atoms with Crippen molar-refractivity contribution in [1.29, 1.82) is 0 Å². The Bertz CT molecular complexity index is 802. The van der Waals surface area contributed by atoms with Gasteiger partial charge in [0, 0.05) is 18.9 Å². The van der Waals surface area contributed by atoms with E-state index >= 15 is 0 Å². The number of hydrogen-bond acceptors (Lipinski definition) is 5. The van der Waals surface area contributed by atoms with Crippen molar-refractivity contribution in [3.8, 4) is 0 Å². The van der Waals surface area contributed by atoms with Crippen molar-refractivity contribution in [3.05, 3.63) is 48.4 Å². The van der Waals surface area contributed by atoms with E-state index in [9.17, 15) is 9.18 Å². The van der Waals surface area contributed by atoms with Crippen LogP contribution in [0.1, 0.15) is 6.92 Å². The van der Waals surface area contributed by atoms with Gasteiger partial charge in [-0.05, 0) is 43.3 Å². The summed E-state index contributed by atoms with van der Waals surface area (Å²) in [4.78, 5) is 22.3. The normalized spacial score (nSPS) is 12.3. The van der Waals surface area contributed by atoms with E-state index in [1.165, 1.54) is 28.8 Å². The Morgan fingerprint density at radius 3 is 2.74 bits per heavy atom. The average Bonchev–Trinajstić information content (AvgIpc) is 2.96. The zero-order valence-corrected chi connectivity index (χ0v) is 13.4.